The van der Waals surface area contributed by atoms with Gasteiger partial charge in [0.1, 0.15) is 0 Å². The van der Waals surface area contributed by atoms with Gasteiger partial charge < -0.3 is 0 Å². The molecule has 1 heteroatoms. The van der Waals surface area contributed by atoms with Crippen molar-refractivity contribution in [3.05, 3.63) is 158 Å². The van der Waals surface area contributed by atoms with Gasteiger partial charge in [0.15, 0.2) is 0 Å². The molecule has 0 atom stereocenters. The topological polar surface area (TPSA) is 0 Å². The van der Waals surface area contributed by atoms with Crippen LogP contribution in [0.1, 0.15) is 0 Å². The zero-order valence-electron chi connectivity index (χ0n) is 23.4. The quantitative estimate of drug-likeness (QED) is 0.188. The molecule has 9 rings (SSSR count). The van der Waals surface area contributed by atoms with Crippen LogP contribution in [0.5, 0.6) is 0 Å². The van der Waals surface area contributed by atoms with Crippen LogP contribution in [0.3, 0.4) is 0 Å². The van der Waals surface area contributed by atoms with Crippen molar-refractivity contribution in [2.24, 2.45) is 0 Å². The van der Waals surface area contributed by atoms with Crippen LogP contribution >= 0.6 is 11.3 Å². The van der Waals surface area contributed by atoms with Crippen LogP contribution in [0.15, 0.2) is 158 Å². The lowest BCUT2D eigenvalue weighted by Gasteiger charge is -2.18. The Kier molecular flexibility index (Phi) is 5.47. The van der Waals surface area contributed by atoms with Crippen LogP contribution in [-0.2, 0) is 0 Å². The Hall–Kier alpha value is -5.24. The summed E-state index contributed by atoms with van der Waals surface area (Å²) in [5, 5.41) is 10.3. The van der Waals surface area contributed by atoms with Crippen molar-refractivity contribution in [2.75, 3.05) is 0 Å². The minimum Gasteiger partial charge on any atom is -0.135 e. The fourth-order valence-corrected chi connectivity index (χ4v) is 8.14. The first-order valence-corrected chi connectivity index (χ1v) is 15.6. The van der Waals surface area contributed by atoms with Gasteiger partial charge in [0.25, 0.3) is 0 Å². The van der Waals surface area contributed by atoms with Crippen molar-refractivity contribution in [3.63, 3.8) is 0 Å². The SMILES string of the molecule is c1ccc(-c2c3ccccc3c(-c3ccc4cc(-c5cccc6c5sc5ccccc56)ccc4c3)c3ccccc23)cc1. The Balaban J connectivity index is 1.24. The van der Waals surface area contributed by atoms with Crippen LogP contribution < -0.4 is 0 Å². The summed E-state index contributed by atoms with van der Waals surface area (Å²) < 4.78 is 2.70. The highest BCUT2D eigenvalue weighted by molar-refractivity contribution is 7.26. The number of fused-ring (bicyclic) bond motifs is 6. The van der Waals surface area contributed by atoms with Crippen LogP contribution in [0.4, 0.5) is 0 Å². The van der Waals surface area contributed by atoms with E-state index < -0.39 is 0 Å². The number of rotatable bonds is 3. The fourth-order valence-electron chi connectivity index (χ4n) is 6.90. The molecule has 1 heterocycles. The second-order valence-electron chi connectivity index (χ2n) is 11.3. The Bertz CT molecular complexity index is 2440. The average Bonchev–Trinajstić information content (AvgIpc) is 3.46. The predicted molar refractivity (Wildman–Crippen MR) is 188 cm³/mol. The van der Waals surface area contributed by atoms with Gasteiger partial charge >= 0.3 is 0 Å². The minimum atomic E-state index is 1.25. The highest BCUT2D eigenvalue weighted by Gasteiger charge is 2.17. The summed E-state index contributed by atoms with van der Waals surface area (Å²) in [5.41, 5.74) is 7.67. The molecular formula is C42H26S. The summed E-state index contributed by atoms with van der Waals surface area (Å²) in [6.45, 7) is 0. The predicted octanol–water partition coefficient (Wildman–Crippen LogP) is 12.5. The Morgan fingerprint density at radius 2 is 0.837 bits per heavy atom. The van der Waals surface area contributed by atoms with E-state index in [-0.39, 0.29) is 0 Å². The first-order chi connectivity index (χ1) is 21.3. The van der Waals surface area contributed by atoms with Gasteiger partial charge in [-0.2, -0.15) is 0 Å². The first kappa shape index (κ1) is 24.4. The van der Waals surface area contributed by atoms with Crippen LogP contribution in [0.25, 0.3) is 85.9 Å². The third-order valence-corrected chi connectivity index (χ3v) is 10.1. The molecular weight excluding hydrogens is 537 g/mol. The van der Waals surface area contributed by atoms with E-state index >= 15 is 0 Å². The van der Waals surface area contributed by atoms with E-state index in [1.54, 1.807) is 0 Å². The molecule has 0 spiro atoms. The van der Waals surface area contributed by atoms with E-state index in [0.29, 0.717) is 0 Å². The van der Waals surface area contributed by atoms with E-state index in [0.717, 1.165) is 0 Å². The molecule has 0 aliphatic rings. The van der Waals surface area contributed by atoms with Gasteiger partial charge in [-0.1, -0.05) is 140 Å². The van der Waals surface area contributed by atoms with E-state index in [4.69, 9.17) is 0 Å². The lowest BCUT2D eigenvalue weighted by atomic mass is 9.85. The zero-order valence-corrected chi connectivity index (χ0v) is 24.2. The molecule has 200 valence electrons. The summed E-state index contributed by atoms with van der Waals surface area (Å²) in [6.07, 6.45) is 0. The van der Waals surface area contributed by atoms with E-state index in [9.17, 15) is 0 Å². The largest absolute Gasteiger partial charge is 0.135 e. The molecule has 0 fully saturated rings. The van der Waals surface area contributed by atoms with Gasteiger partial charge in [-0.3, -0.25) is 0 Å². The number of thiophene rings is 1. The molecule has 0 saturated heterocycles. The molecule has 1 aromatic heterocycles. The lowest BCUT2D eigenvalue weighted by Crippen LogP contribution is -1.90. The molecule has 0 radical (unpaired) electrons. The molecule has 0 amide bonds. The molecule has 0 N–H and O–H groups in total. The van der Waals surface area contributed by atoms with Crippen LogP contribution in [0.2, 0.25) is 0 Å². The van der Waals surface area contributed by atoms with Crippen LogP contribution in [-0.4, -0.2) is 0 Å². The monoisotopic (exact) mass is 562 g/mol. The molecule has 0 aliphatic carbocycles. The van der Waals surface area contributed by atoms with Crippen molar-refractivity contribution < 1.29 is 0 Å². The first-order valence-electron chi connectivity index (χ1n) is 14.8. The zero-order chi connectivity index (χ0) is 28.3. The third-order valence-electron chi connectivity index (χ3n) is 8.84. The Labute approximate surface area is 254 Å². The number of hydrogen-bond acceptors (Lipinski definition) is 1. The maximum atomic E-state index is 2.37. The number of hydrogen-bond donors (Lipinski definition) is 0. The highest BCUT2D eigenvalue weighted by Crippen LogP contribution is 2.45. The third kappa shape index (κ3) is 3.82. The van der Waals surface area contributed by atoms with Crippen molar-refractivity contribution in [1.29, 1.82) is 0 Å². The standard InChI is InChI=1S/C42H26S/c1-2-11-27(12-3-1)40-34-14-4-6-16-36(34)41(37-17-7-5-15-35(37)40)31-24-22-28-25-30(23-21-29(28)26-31)32-18-10-19-38-33-13-8-9-20-39(33)43-42(32)38/h1-26H. The smallest absolute Gasteiger partial charge is 0.0433 e. The molecule has 0 saturated carbocycles. The summed E-state index contributed by atoms with van der Waals surface area (Å²) in [6, 6.07) is 57.9. The Morgan fingerprint density at radius 3 is 1.51 bits per heavy atom. The average molecular weight is 563 g/mol. The maximum absolute atomic E-state index is 2.37. The van der Waals surface area contributed by atoms with E-state index in [1.165, 1.54) is 85.9 Å². The summed E-state index contributed by atoms with van der Waals surface area (Å²) in [4.78, 5) is 0. The second-order valence-corrected chi connectivity index (χ2v) is 12.3. The fraction of sp³-hybridized carbons (Fsp3) is 0. The summed E-state index contributed by atoms with van der Waals surface area (Å²) in [7, 11) is 0. The molecule has 0 bridgehead atoms. The molecule has 0 nitrogen and oxygen atoms in total. The minimum absolute atomic E-state index is 1.25. The lowest BCUT2D eigenvalue weighted by molar-refractivity contribution is 1.66. The maximum Gasteiger partial charge on any atom is 0.0433 e. The Morgan fingerprint density at radius 1 is 0.326 bits per heavy atom. The van der Waals surface area contributed by atoms with Gasteiger partial charge in [0.05, 0.1) is 0 Å². The van der Waals surface area contributed by atoms with Gasteiger partial charge in [-0.25, -0.2) is 0 Å². The normalized spacial score (nSPS) is 11.7. The van der Waals surface area contributed by atoms with Crippen molar-refractivity contribution in [2.45, 2.75) is 0 Å². The van der Waals surface area contributed by atoms with Crippen molar-refractivity contribution >= 4 is 63.8 Å². The van der Waals surface area contributed by atoms with Gasteiger partial charge in [0.2, 0.25) is 0 Å². The molecule has 0 unspecified atom stereocenters. The van der Waals surface area contributed by atoms with Gasteiger partial charge in [0, 0.05) is 20.2 Å². The van der Waals surface area contributed by atoms with E-state index in [1.807, 2.05) is 11.3 Å². The summed E-state index contributed by atoms with van der Waals surface area (Å²) >= 11 is 1.89. The molecule has 9 aromatic rings. The van der Waals surface area contributed by atoms with Crippen LogP contribution in [0, 0.1) is 0 Å². The molecule has 8 aromatic carbocycles. The van der Waals surface area contributed by atoms with E-state index in [2.05, 4.69) is 158 Å². The number of benzene rings is 8. The second kappa shape index (κ2) is 9.66. The van der Waals surface area contributed by atoms with Gasteiger partial charge in [-0.05, 0) is 83.9 Å². The highest BCUT2D eigenvalue weighted by atomic mass is 32.1. The van der Waals surface area contributed by atoms with Crippen molar-refractivity contribution in [3.8, 4) is 33.4 Å². The van der Waals surface area contributed by atoms with Gasteiger partial charge in [-0.15, -0.1) is 11.3 Å². The van der Waals surface area contributed by atoms with Crippen molar-refractivity contribution in [1.82, 2.24) is 0 Å². The molecule has 0 aliphatic heterocycles. The summed E-state index contributed by atoms with van der Waals surface area (Å²) in [5.74, 6) is 0. The molecule has 43 heavy (non-hydrogen) atoms.